The first kappa shape index (κ1) is 16.0. The van der Waals surface area contributed by atoms with Crippen LogP contribution in [-0.4, -0.2) is 42.9 Å². The predicted molar refractivity (Wildman–Crippen MR) is 84.6 cm³/mol. The number of amides is 1. The van der Waals surface area contributed by atoms with E-state index in [0.29, 0.717) is 4.88 Å². The lowest BCUT2D eigenvalue weighted by molar-refractivity contribution is -0.124. The van der Waals surface area contributed by atoms with Gasteiger partial charge in [-0.25, -0.2) is 5.01 Å². The number of likely N-dealkylation sites (N-methyl/N-ethyl adjacent to an activating group) is 1. The number of thiophene rings is 1. The van der Waals surface area contributed by atoms with E-state index < -0.39 is 23.4 Å². The normalized spacial score (nSPS) is 21.3. The molecular formula is C15H16F3N3OS. The van der Waals surface area contributed by atoms with Gasteiger partial charge in [0.1, 0.15) is 0 Å². The summed E-state index contributed by atoms with van der Waals surface area (Å²) in [5.74, 6) is -0.731. The van der Waals surface area contributed by atoms with E-state index in [4.69, 9.17) is 0 Å². The van der Waals surface area contributed by atoms with Gasteiger partial charge in [0.05, 0.1) is 10.6 Å². The van der Waals surface area contributed by atoms with E-state index in [9.17, 15) is 18.0 Å². The van der Waals surface area contributed by atoms with Crippen molar-refractivity contribution in [3.63, 3.8) is 0 Å². The summed E-state index contributed by atoms with van der Waals surface area (Å²) in [7, 11) is 1.22. The largest absolute Gasteiger partial charge is 0.435 e. The summed E-state index contributed by atoms with van der Waals surface area (Å²) < 4.78 is 39.0. The number of alkyl halides is 3. The number of anilines is 1. The van der Waals surface area contributed by atoms with E-state index in [0.717, 1.165) is 35.9 Å². The minimum absolute atomic E-state index is 0.396. The number of hydrazone groups is 1. The Morgan fingerprint density at radius 1 is 1.22 bits per heavy atom. The van der Waals surface area contributed by atoms with Crippen molar-refractivity contribution in [2.75, 3.05) is 25.0 Å². The molecule has 0 spiro atoms. The lowest BCUT2D eigenvalue weighted by Crippen LogP contribution is -2.28. The number of rotatable bonds is 2. The molecule has 0 bridgehead atoms. The maximum Gasteiger partial charge on any atom is 0.435 e. The molecule has 4 nitrogen and oxygen atoms in total. The number of carbonyl (C=O) groups excluding carboxylic acids is 1. The molecule has 3 heterocycles. The van der Waals surface area contributed by atoms with Crippen LogP contribution in [0.1, 0.15) is 24.1 Å². The molecule has 2 aliphatic heterocycles. The number of carbonyl (C=O) groups is 1. The van der Waals surface area contributed by atoms with Gasteiger partial charge in [-0.2, -0.15) is 18.3 Å². The Bertz CT molecular complexity index is 672. The molecule has 0 N–H and O–H groups in total. The third-order valence-corrected chi connectivity index (χ3v) is 4.96. The first-order valence-electron chi connectivity index (χ1n) is 7.37. The Morgan fingerprint density at radius 3 is 2.57 bits per heavy atom. The topological polar surface area (TPSA) is 35.9 Å². The summed E-state index contributed by atoms with van der Waals surface area (Å²) in [5, 5.41) is 5.07. The molecule has 124 valence electrons. The summed E-state index contributed by atoms with van der Waals surface area (Å²) >= 11 is 1.40. The molecule has 3 rings (SSSR count). The van der Waals surface area contributed by atoms with Crippen molar-refractivity contribution in [1.29, 1.82) is 0 Å². The number of hydrogen-bond acceptors (Lipinski definition) is 4. The van der Waals surface area contributed by atoms with Crippen molar-refractivity contribution in [1.82, 2.24) is 5.01 Å². The van der Waals surface area contributed by atoms with Crippen molar-refractivity contribution < 1.29 is 18.0 Å². The zero-order valence-electron chi connectivity index (χ0n) is 12.6. The van der Waals surface area contributed by atoms with E-state index in [2.05, 4.69) is 10.0 Å². The minimum atomic E-state index is -4.64. The minimum Gasteiger partial charge on any atom is -0.363 e. The second-order valence-corrected chi connectivity index (χ2v) is 6.65. The molecule has 1 aromatic rings. The highest BCUT2D eigenvalue weighted by molar-refractivity contribution is 7.17. The Kier molecular flexibility index (Phi) is 4.18. The molecule has 1 saturated heterocycles. The summed E-state index contributed by atoms with van der Waals surface area (Å²) in [4.78, 5) is 14.8. The predicted octanol–water partition coefficient (Wildman–Crippen LogP) is 3.51. The molecule has 2 aliphatic rings. The number of halogens is 3. The molecule has 1 amide bonds. The maximum atomic E-state index is 13.0. The van der Waals surface area contributed by atoms with Gasteiger partial charge < -0.3 is 4.90 Å². The van der Waals surface area contributed by atoms with Crippen LogP contribution in [0.3, 0.4) is 0 Å². The van der Waals surface area contributed by atoms with E-state index in [1.54, 1.807) is 6.07 Å². The van der Waals surface area contributed by atoms with Crippen LogP contribution < -0.4 is 4.90 Å². The molecule has 8 heteroatoms. The fourth-order valence-electron chi connectivity index (χ4n) is 2.71. The van der Waals surface area contributed by atoms with Gasteiger partial charge in [-0.1, -0.05) is 0 Å². The summed E-state index contributed by atoms with van der Waals surface area (Å²) in [6, 6.07) is 3.65. The third-order valence-electron chi connectivity index (χ3n) is 3.86. The van der Waals surface area contributed by atoms with Gasteiger partial charge in [0.2, 0.25) is 0 Å². The number of hydrogen-bond donors (Lipinski definition) is 0. The van der Waals surface area contributed by atoms with Crippen molar-refractivity contribution in [3.8, 4) is 0 Å². The second kappa shape index (κ2) is 5.99. The number of nitrogens with zero attached hydrogens (tertiary/aromatic N) is 3. The SMILES string of the molecule is CN1N=C(C(F)(F)F)C(=Cc2ccc(N3CCCCC3)s2)C1=O. The van der Waals surface area contributed by atoms with Crippen molar-refractivity contribution >= 4 is 34.0 Å². The van der Waals surface area contributed by atoms with E-state index in [1.165, 1.54) is 30.9 Å². The first-order chi connectivity index (χ1) is 10.9. The molecule has 0 radical (unpaired) electrons. The van der Waals surface area contributed by atoms with Gasteiger partial charge in [0.25, 0.3) is 5.91 Å². The second-order valence-electron chi connectivity index (χ2n) is 5.56. The monoisotopic (exact) mass is 343 g/mol. The molecule has 0 saturated carbocycles. The molecule has 0 unspecified atom stereocenters. The van der Waals surface area contributed by atoms with E-state index >= 15 is 0 Å². The van der Waals surface area contributed by atoms with Gasteiger partial charge in [-0.15, -0.1) is 11.3 Å². The zero-order chi connectivity index (χ0) is 16.6. The van der Waals surface area contributed by atoms with Crippen LogP contribution in [0.2, 0.25) is 0 Å². The summed E-state index contributed by atoms with van der Waals surface area (Å²) in [6.45, 7) is 1.93. The van der Waals surface area contributed by atoms with Crippen LogP contribution in [0, 0.1) is 0 Å². The van der Waals surface area contributed by atoms with Crippen LogP contribution in [0.15, 0.2) is 22.8 Å². The molecular weight excluding hydrogens is 327 g/mol. The van der Waals surface area contributed by atoms with Crippen LogP contribution in [-0.2, 0) is 4.79 Å². The standard InChI is InChI=1S/C15H16F3N3OS/c1-20-14(22)11(13(19-20)15(16,17)18)9-10-5-6-12(23-10)21-7-3-2-4-8-21/h5-6,9H,2-4,7-8H2,1H3. The van der Waals surface area contributed by atoms with E-state index in [-0.39, 0.29) is 0 Å². The van der Waals surface area contributed by atoms with Crippen LogP contribution in [0.25, 0.3) is 6.08 Å². The highest BCUT2D eigenvalue weighted by Gasteiger charge is 2.45. The highest BCUT2D eigenvalue weighted by atomic mass is 32.1. The maximum absolute atomic E-state index is 13.0. The fraction of sp³-hybridized carbons (Fsp3) is 0.467. The Balaban J connectivity index is 1.87. The lowest BCUT2D eigenvalue weighted by Gasteiger charge is -2.27. The lowest BCUT2D eigenvalue weighted by atomic mass is 10.1. The van der Waals surface area contributed by atoms with Crippen molar-refractivity contribution in [3.05, 3.63) is 22.6 Å². The molecule has 0 aliphatic carbocycles. The average molecular weight is 343 g/mol. The highest BCUT2D eigenvalue weighted by Crippen LogP contribution is 2.33. The Labute approximate surface area is 135 Å². The smallest absolute Gasteiger partial charge is 0.363 e. The fourth-order valence-corrected chi connectivity index (χ4v) is 3.71. The van der Waals surface area contributed by atoms with Gasteiger partial charge in [0.15, 0.2) is 5.71 Å². The Morgan fingerprint density at radius 2 is 1.91 bits per heavy atom. The first-order valence-corrected chi connectivity index (χ1v) is 8.18. The molecule has 1 aromatic heterocycles. The van der Waals surface area contributed by atoms with Gasteiger partial charge in [-0.3, -0.25) is 4.79 Å². The van der Waals surface area contributed by atoms with Crippen molar-refractivity contribution in [2.45, 2.75) is 25.4 Å². The van der Waals surface area contributed by atoms with Crippen LogP contribution >= 0.6 is 11.3 Å². The average Bonchev–Trinajstić information content (AvgIpc) is 3.08. The van der Waals surface area contributed by atoms with Crippen molar-refractivity contribution in [2.24, 2.45) is 5.10 Å². The van der Waals surface area contributed by atoms with Crippen LogP contribution in [0.5, 0.6) is 0 Å². The van der Waals surface area contributed by atoms with Gasteiger partial charge >= 0.3 is 6.18 Å². The Hall–Kier alpha value is -1.83. The molecule has 23 heavy (non-hydrogen) atoms. The molecule has 0 atom stereocenters. The van der Waals surface area contributed by atoms with Gasteiger partial charge in [0, 0.05) is 25.0 Å². The molecule has 0 aromatic carbocycles. The van der Waals surface area contributed by atoms with Gasteiger partial charge in [-0.05, 0) is 37.5 Å². The van der Waals surface area contributed by atoms with E-state index in [1.807, 2.05) is 6.07 Å². The summed E-state index contributed by atoms with van der Waals surface area (Å²) in [6.07, 6.45) is 0.117. The third kappa shape index (κ3) is 3.26. The number of piperidine rings is 1. The van der Waals surface area contributed by atoms with Crippen LogP contribution in [0.4, 0.5) is 18.2 Å². The zero-order valence-corrected chi connectivity index (χ0v) is 13.4. The quantitative estimate of drug-likeness (QED) is 0.771. The molecule has 1 fully saturated rings. The summed E-state index contributed by atoms with van der Waals surface area (Å²) in [5.41, 5.74) is -1.52.